The van der Waals surface area contributed by atoms with Crippen molar-refractivity contribution in [3.63, 3.8) is 0 Å². The van der Waals surface area contributed by atoms with Crippen molar-refractivity contribution >= 4 is 5.69 Å². The monoisotopic (exact) mass is 269 g/mol. The van der Waals surface area contributed by atoms with Gasteiger partial charge in [-0.2, -0.15) is 0 Å². The third-order valence-electron chi connectivity index (χ3n) is 4.03. The van der Waals surface area contributed by atoms with Gasteiger partial charge in [0.2, 0.25) is 0 Å². The lowest BCUT2D eigenvalue weighted by Crippen LogP contribution is -2.15. The van der Waals surface area contributed by atoms with E-state index in [0.29, 0.717) is 6.54 Å². The maximum Gasteiger partial charge on any atom is 0.0967 e. The molecule has 20 heavy (non-hydrogen) atoms. The summed E-state index contributed by atoms with van der Waals surface area (Å²) in [6, 6.07) is 12.2. The van der Waals surface area contributed by atoms with Crippen molar-refractivity contribution in [1.82, 2.24) is 0 Å². The number of anilines is 1. The molecule has 2 N–H and O–H groups in total. The molecule has 0 aliphatic heterocycles. The lowest BCUT2D eigenvalue weighted by Gasteiger charge is -2.21. The third kappa shape index (κ3) is 3.02. The molecule has 2 nitrogen and oxygen atoms in total. The minimum Gasteiger partial charge on any atom is -0.387 e. The first-order valence-electron chi connectivity index (χ1n) is 7.05. The minimum absolute atomic E-state index is 0.492. The van der Waals surface area contributed by atoms with Crippen LogP contribution in [0.3, 0.4) is 0 Å². The van der Waals surface area contributed by atoms with Crippen molar-refractivity contribution in [3.05, 3.63) is 64.2 Å². The molecular formula is C18H23NO. The molecule has 0 saturated heterocycles. The van der Waals surface area contributed by atoms with Gasteiger partial charge in [-0.3, -0.25) is 0 Å². The van der Waals surface area contributed by atoms with Gasteiger partial charge >= 0.3 is 0 Å². The molecule has 0 fully saturated rings. The van der Waals surface area contributed by atoms with Crippen LogP contribution in [-0.4, -0.2) is 11.7 Å². The zero-order valence-electron chi connectivity index (χ0n) is 12.7. The summed E-state index contributed by atoms with van der Waals surface area (Å²) in [4.78, 5) is 0. The SMILES string of the molecule is Cc1cc(C)c(C)c(C(O)CNc2ccccc2)c1C. The van der Waals surface area contributed by atoms with Gasteiger partial charge < -0.3 is 10.4 Å². The molecule has 2 aromatic rings. The quantitative estimate of drug-likeness (QED) is 0.877. The van der Waals surface area contributed by atoms with Crippen molar-refractivity contribution in [2.24, 2.45) is 0 Å². The van der Waals surface area contributed by atoms with Gasteiger partial charge in [0, 0.05) is 12.2 Å². The lowest BCUT2D eigenvalue weighted by molar-refractivity contribution is 0.190. The van der Waals surface area contributed by atoms with Crippen LogP contribution in [0.25, 0.3) is 0 Å². The van der Waals surface area contributed by atoms with Crippen LogP contribution in [0.4, 0.5) is 5.69 Å². The topological polar surface area (TPSA) is 32.3 Å². The molecule has 2 rings (SSSR count). The highest BCUT2D eigenvalue weighted by molar-refractivity contribution is 5.47. The molecule has 0 saturated carbocycles. The number of hydrogen-bond donors (Lipinski definition) is 2. The summed E-state index contributed by atoms with van der Waals surface area (Å²) in [7, 11) is 0. The fourth-order valence-corrected chi connectivity index (χ4v) is 2.62. The maximum absolute atomic E-state index is 10.5. The van der Waals surface area contributed by atoms with E-state index in [-0.39, 0.29) is 0 Å². The van der Waals surface area contributed by atoms with E-state index < -0.39 is 6.10 Å². The first-order chi connectivity index (χ1) is 9.50. The highest BCUT2D eigenvalue weighted by Gasteiger charge is 2.16. The highest BCUT2D eigenvalue weighted by Crippen LogP contribution is 2.27. The average Bonchev–Trinajstić information content (AvgIpc) is 2.44. The average molecular weight is 269 g/mol. The Balaban J connectivity index is 2.19. The summed E-state index contributed by atoms with van der Waals surface area (Å²) in [5.74, 6) is 0. The summed E-state index contributed by atoms with van der Waals surface area (Å²) in [5, 5.41) is 13.8. The van der Waals surface area contributed by atoms with Gasteiger partial charge in [0.15, 0.2) is 0 Å². The number of para-hydroxylation sites is 1. The minimum atomic E-state index is -0.492. The van der Waals surface area contributed by atoms with Crippen molar-refractivity contribution in [1.29, 1.82) is 0 Å². The molecule has 0 amide bonds. The van der Waals surface area contributed by atoms with Crippen LogP contribution in [0, 0.1) is 27.7 Å². The molecule has 2 aromatic carbocycles. The highest BCUT2D eigenvalue weighted by atomic mass is 16.3. The largest absolute Gasteiger partial charge is 0.387 e. The van der Waals surface area contributed by atoms with Gasteiger partial charge in [-0.15, -0.1) is 0 Å². The van der Waals surface area contributed by atoms with E-state index >= 15 is 0 Å². The molecule has 0 radical (unpaired) electrons. The van der Waals surface area contributed by atoms with Crippen LogP contribution < -0.4 is 5.32 Å². The molecule has 0 heterocycles. The van der Waals surface area contributed by atoms with Crippen molar-refractivity contribution in [2.75, 3.05) is 11.9 Å². The van der Waals surface area contributed by atoms with Crippen LogP contribution in [0.5, 0.6) is 0 Å². The first kappa shape index (κ1) is 14.6. The maximum atomic E-state index is 10.5. The molecule has 0 aromatic heterocycles. The van der Waals surface area contributed by atoms with Crippen LogP contribution in [-0.2, 0) is 0 Å². The summed E-state index contributed by atoms with van der Waals surface area (Å²) >= 11 is 0. The summed E-state index contributed by atoms with van der Waals surface area (Å²) in [6.45, 7) is 8.89. The van der Waals surface area contributed by atoms with E-state index in [1.807, 2.05) is 30.3 Å². The molecule has 2 heteroatoms. The molecular weight excluding hydrogens is 246 g/mol. The van der Waals surface area contributed by atoms with E-state index in [4.69, 9.17) is 0 Å². The Labute approximate surface area is 121 Å². The molecule has 106 valence electrons. The summed E-state index contributed by atoms with van der Waals surface area (Å²) < 4.78 is 0. The van der Waals surface area contributed by atoms with E-state index in [0.717, 1.165) is 11.3 Å². The zero-order chi connectivity index (χ0) is 14.7. The Kier molecular flexibility index (Phi) is 4.46. The fraction of sp³-hybridized carbons (Fsp3) is 0.333. The standard InChI is InChI=1S/C18H23NO/c1-12-10-13(2)15(4)18(14(12)3)17(20)11-19-16-8-6-5-7-9-16/h5-10,17,19-20H,11H2,1-4H3. The van der Waals surface area contributed by atoms with Gasteiger partial charge in [-0.05, 0) is 67.6 Å². The van der Waals surface area contributed by atoms with E-state index in [1.54, 1.807) is 0 Å². The number of benzene rings is 2. The van der Waals surface area contributed by atoms with Crippen LogP contribution >= 0.6 is 0 Å². The van der Waals surface area contributed by atoms with Gasteiger partial charge in [-0.25, -0.2) is 0 Å². The Morgan fingerprint density at radius 3 is 2.05 bits per heavy atom. The number of nitrogens with one attached hydrogen (secondary N) is 1. The van der Waals surface area contributed by atoms with Crippen LogP contribution in [0.15, 0.2) is 36.4 Å². The molecule has 0 bridgehead atoms. The van der Waals surface area contributed by atoms with E-state index in [1.165, 1.54) is 22.3 Å². The van der Waals surface area contributed by atoms with E-state index in [9.17, 15) is 5.11 Å². The second kappa shape index (κ2) is 6.10. The van der Waals surface area contributed by atoms with Gasteiger partial charge in [0.05, 0.1) is 6.10 Å². The molecule has 1 unspecified atom stereocenters. The predicted octanol–water partition coefficient (Wildman–Crippen LogP) is 4.07. The Morgan fingerprint density at radius 1 is 0.950 bits per heavy atom. The number of rotatable bonds is 4. The number of hydrogen-bond acceptors (Lipinski definition) is 2. The normalized spacial score (nSPS) is 12.2. The first-order valence-corrected chi connectivity index (χ1v) is 7.05. The lowest BCUT2D eigenvalue weighted by atomic mass is 9.91. The van der Waals surface area contributed by atoms with E-state index in [2.05, 4.69) is 39.1 Å². The zero-order valence-corrected chi connectivity index (χ0v) is 12.7. The van der Waals surface area contributed by atoms with Gasteiger partial charge in [-0.1, -0.05) is 24.3 Å². The molecule has 0 aliphatic carbocycles. The van der Waals surface area contributed by atoms with Crippen LogP contribution in [0.1, 0.15) is 33.9 Å². The second-order valence-corrected chi connectivity index (χ2v) is 5.44. The van der Waals surface area contributed by atoms with Crippen LogP contribution in [0.2, 0.25) is 0 Å². The van der Waals surface area contributed by atoms with Crippen molar-refractivity contribution in [2.45, 2.75) is 33.8 Å². The number of aryl methyl sites for hydroxylation is 2. The van der Waals surface area contributed by atoms with Crippen molar-refractivity contribution < 1.29 is 5.11 Å². The smallest absolute Gasteiger partial charge is 0.0967 e. The molecule has 0 aliphatic rings. The third-order valence-corrected chi connectivity index (χ3v) is 4.03. The van der Waals surface area contributed by atoms with Gasteiger partial charge in [0.25, 0.3) is 0 Å². The van der Waals surface area contributed by atoms with Crippen molar-refractivity contribution in [3.8, 4) is 0 Å². The summed E-state index contributed by atoms with van der Waals surface area (Å²) in [5.41, 5.74) is 6.95. The number of aliphatic hydroxyl groups is 1. The Hall–Kier alpha value is -1.80. The Bertz CT molecular complexity index is 564. The Morgan fingerprint density at radius 2 is 1.50 bits per heavy atom. The van der Waals surface area contributed by atoms with Gasteiger partial charge in [0.1, 0.15) is 0 Å². The fourth-order valence-electron chi connectivity index (χ4n) is 2.62. The molecule has 1 atom stereocenters. The summed E-state index contributed by atoms with van der Waals surface area (Å²) in [6.07, 6.45) is -0.492. The second-order valence-electron chi connectivity index (χ2n) is 5.44. The molecule has 0 spiro atoms. The number of aliphatic hydroxyl groups excluding tert-OH is 1. The predicted molar refractivity (Wildman–Crippen MR) is 85.3 cm³/mol.